The van der Waals surface area contributed by atoms with E-state index in [0.29, 0.717) is 18.4 Å². The van der Waals surface area contributed by atoms with E-state index in [4.69, 9.17) is 0 Å². The second-order valence-corrected chi connectivity index (χ2v) is 7.05. The Hall–Kier alpha value is -2.69. The largest absolute Gasteiger partial charge is 0.351 e. The maximum atomic E-state index is 13.7. The molecule has 1 aliphatic rings. The minimum Gasteiger partial charge on any atom is -0.351 e. The maximum absolute atomic E-state index is 13.7. The fraction of sp³-hybridized carbons (Fsp3) is 0.333. The lowest BCUT2D eigenvalue weighted by atomic mass is 9.99. The second kappa shape index (κ2) is 7.28. The Morgan fingerprint density at radius 2 is 1.69 bits per heavy atom. The molecule has 0 heterocycles. The van der Waals surface area contributed by atoms with Gasteiger partial charge in [0.25, 0.3) is 0 Å². The van der Waals surface area contributed by atoms with Gasteiger partial charge in [-0.3, -0.25) is 9.59 Å². The van der Waals surface area contributed by atoms with Crippen LogP contribution in [0.25, 0.3) is 0 Å². The van der Waals surface area contributed by atoms with E-state index in [-0.39, 0.29) is 30.1 Å². The summed E-state index contributed by atoms with van der Waals surface area (Å²) in [6, 6.07) is 13.9. The van der Waals surface area contributed by atoms with Gasteiger partial charge in [-0.15, -0.1) is 0 Å². The molecule has 2 amide bonds. The van der Waals surface area contributed by atoms with Gasteiger partial charge in [0.05, 0.1) is 0 Å². The summed E-state index contributed by atoms with van der Waals surface area (Å²) in [4.78, 5) is 25.3. The summed E-state index contributed by atoms with van der Waals surface area (Å²) in [6.07, 6.45) is 1.01. The Morgan fingerprint density at radius 3 is 2.35 bits per heavy atom. The van der Waals surface area contributed by atoms with E-state index in [1.807, 2.05) is 24.3 Å². The molecule has 0 bridgehead atoms. The van der Waals surface area contributed by atoms with Crippen molar-refractivity contribution in [1.82, 2.24) is 5.32 Å². The third kappa shape index (κ3) is 3.62. The van der Waals surface area contributed by atoms with Crippen LogP contribution in [0, 0.1) is 11.2 Å². The Morgan fingerprint density at radius 1 is 1.04 bits per heavy atom. The third-order valence-electron chi connectivity index (χ3n) is 4.85. The van der Waals surface area contributed by atoms with Crippen molar-refractivity contribution in [2.24, 2.45) is 5.41 Å². The van der Waals surface area contributed by atoms with Crippen molar-refractivity contribution in [3.8, 4) is 0 Å². The molecule has 1 aliphatic carbocycles. The van der Waals surface area contributed by atoms with Crippen molar-refractivity contribution < 1.29 is 14.0 Å². The van der Waals surface area contributed by atoms with Crippen LogP contribution in [0.2, 0.25) is 0 Å². The molecule has 1 fully saturated rings. The number of hydrogen-bond donors (Lipinski definition) is 2. The summed E-state index contributed by atoms with van der Waals surface area (Å²) in [7, 11) is 0. The quantitative estimate of drug-likeness (QED) is 0.771. The van der Waals surface area contributed by atoms with Crippen molar-refractivity contribution in [3.05, 3.63) is 65.5 Å². The van der Waals surface area contributed by atoms with Gasteiger partial charge in [0.1, 0.15) is 11.2 Å². The second-order valence-electron chi connectivity index (χ2n) is 7.05. The van der Waals surface area contributed by atoms with E-state index in [1.165, 1.54) is 6.07 Å². The molecule has 0 radical (unpaired) electrons. The van der Waals surface area contributed by atoms with E-state index in [0.717, 1.165) is 11.3 Å². The zero-order valence-electron chi connectivity index (χ0n) is 15.0. The predicted molar refractivity (Wildman–Crippen MR) is 99.1 cm³/mol. The van der Waals surface area contributed by atoms with Gasteiger partial charge in [-0.05, 0) is 36.5 Å². The van der Waals surface area contributed by atoms with Crippen molar-refractivity contribution >= 4 is 17.5 Å². The average Bonchev–Trinajstić information content (AvgIpc) is 3.43. The molecule has 1 saturated carbocycles. The number of carbonyl (C=O) groups is 2. The number of rotatable bonds is 6. The van der Waals surface area contributed by atoms with Crippen LogP contribution in [0.4, 0.5) is 10.1 Å². The van der Waals surface area contributed by atoms with E-state index in [2.05, 4.69) is 24.5 Å². The van der Waals surface area contributed by atoms with Crippen molar-refractivity contribution in [2.45, 2.75) is 39.2 Å². The molecule has 2 N–H and O–H groups in total. The molecule has 2 aromatic rings. The van der Waals surface area contributed by atoms with Crippen LogP contribution in [0.3, 0.4) is 0 Å². The fourth-order valence-corrected chi connectivity index (χ4v) is 3.02. The molecule has 5 heteroatoms. The van der Waals surface area contributed by atoms with Crippen LogP contribution in [0.5, 0.6) is 0 Å². The van der Waals surface area contributed by atoms with Gasteiger partial charge in [0.2, 0.25) is 11.8 Å². The molecule has 0 saturated heterocycles. The van der Waals surface area contributed by atoms with Crippen molar-refractivity contribution in [2.75, 3.05) is 5.32 Å². The number of anilines is 1. The first-order valence-corrected chi connectivity index (χ1v) is 8.86. The molecule has 2 aromatic carbocycles. The normalized spacial score (nSPS) is 14.8. The van der Waals surface area contributed by atoms with Gasteiger partial charge in [-0.25, -0.2) is 4.39 Å². The number of para-hydroxylation sites is 1. The number of halogens is 1. The number of carbonyl (C=O) groups excluding carboxylic acids is 2. The molecule has 0 atom stereocenters. The minimum absolute atomic E-state index is 0.0725. The standard InChI is InChI=1S/C21H23FN2O2/c1-14(2)16-8-4-6-10-18(16)24-20(26)21(11-12-21)19(25)23-13-15-7-3-5-9-17(15)22/h3-10,14H,11-13H2,1-2H3,(H,23,25)(H,24,26). The Kier molecular flexibility index (Phi) is 5.07. The molecular formula is C21H23FN2O2. The summed E-state index contributed by atoms with van der Waals surface area (Å²) in [5.41, 5.74) is 1.13. The van der Waals surface area contributed by atoms with Gasteiger partial charge in [-0.2, -0.15) is 0 Å². The fourth-order valence-electron chi connectivity index (χ4n) is 3.02. The molecule has 0 unspecified atom stereocenters. The van der Waals surface area contributed by atoms with E-state index < -0.39 is 5.41 Å². The van der Waals surface area contributed by atoms with Crippen LogP contribution < -0.4 is 10.6 Å². The van der Waals surface area contributed by atoms with Gasteiger partial charge < -0.3 is 10.6 Å². The molecule has 136 valence electrons. The first kappa shape index (κ1) is 18.1. The van der Waals surface area contributed by atoms with Crippen LogP contribution in [-0.4, -0.2) is 11.8 Å². The molecular weight excluding hydrogens is 331 g/mol. The lowest BCUT2D eigenvalue weighted by Crippen LogP contribution is -2.39. The predicted octanol–water partition coefficient (Wildman–Crippen LogP) is 3.98. The summed E-state index contributed by atoms with van der Waals surface area (Å²) in [5, 5.41) is 5.62. The highest BCUT2D eigenvalue weighted by atomic mass is 19.1. The molecule has 0 aliphatic heterocycles. The lowest BCUT2D eigenvalue weighted by Gasteiger charge is -2.18. The van der Waals surface area contributed by atoms with Gasteiger partial charge in [-0.1, -0.05) is 50.2 Å². The summed E-state index contributed by atoms with van der Waals surface area (Å²) >= 11 is 0. The zero-order chi connectivity index (χ0) is 18.7. The number of nitrogens with one attached hydrogen (secondary N) is 2. The monoisotopic (exact) mass is 354 g/mol. The third-order valence-corrected chi connectivity index (χ3v) is 4.85. The van der Waals surface area contributed by atoms with E-state index in [1.54, 1.807) is 18.2 Å². The van der Waals surface area contributed by atoms with E-state index in [9.17, 15) is 14.0 Å². The molecule has 0 spiro atoms. The van der Waals surface area contributed by atoms with Gasteiger partial charge >= 0.3 is 0 Å². The zero-order valence-corrected chi connectivity index (χ0v) is 15.0. The smallest absolute Gasteiger partial charge is 0.240 e. The molecule has 4 nitrogen and oxygen atoms in total. The van der Waals surface area contributed by atoms with Crippen LogP contribution in [0.1, 0.15) is 43.7 Å². The van der Waals surface area contributed by atoms with Crippen LogP contribution in [-0.2, 0) is 16.1 Å². The Bertz CT molecular complexity index is 828. The maximum Gasteiger partial charge on any atom is 0.240 e. The van der Waals surface area contributed by atoms with Crippen molar-refractivity contribution in [1.29, 1.82) is 0 Å². The summed E-state index contributed by atoms with van der Waals surface area (Å²) in [5.74, 6) is -0.749. The Labute approximate surface area is 152 Å². The number of amides is 2. The molecule has 3 rings (SSSR count). The average molecular weight is 354 g/mol. The lowest BCUT2D eigenvalue weighted by molar-refractivity contribution is -0.134. The van der Waals surface area contributed by atoms with Gasteiger partial charge in [0, 0.05) is 17.8 Å². The van der Waals surface area contributed by atoms with Crippen LogP contribution >= 0.6 is 0 Å². The summed E-state index contributed by atoms with van der Waals surface area (Å²) < 4.78 is 13.7. The first-order valence-electron chi connectivity index (χ1n) is 8.86. The van der Waals surface area contributed by atoms with Gasteiger partial charge in [0.15, 0.2) is 0 Å². The Balaban J connectivity index is 1.67. The molecule has 0 aromatic heterocycles. The van der Waals surface area contributed by atoms with Crippen LogP contribution in [0.15, 0.2) is 48.5 Å². The number of benzene rings is 2. The van der Waals surface area contributed by atoms with Crippen molar-refractivity contribution in [3.63, 3.8) is 0 Å². The van der Waals surface area contributed by atoms with E-state index >= 15 is 0 Å². The highest BCUT2D eigenvalue weighted by Crippen LogP contribution is 2.47. The molecule has 26 heavy (non-hydrogen) atoms. The highest BCUT2D eigenvalue weighted by molar-refractivity contribution is 6.13. The SMILES string of the molecule is CC(C)c1ccccc1NC(=O)C1(C(=O)NCc2ccccc2F)CC1. The topological polar surface area (TPSA) is 58.2 Å². The highest BCUT2D eigenvalue weighted by Gasteiger charge is 2.56. The first-order chi connectivity index (χ1) is 12.4. The number of hydrogen-bond acceptors (Lipinski definition) is 2. The minimum atomic E-state index is -1.05. The summed E-state index contributed by atoms with van der Waals surface area (Å²) in [6.45, 7) is 4.18.